The molecule has 2 heterocycles. The van der Waals surface area contributed by atoms with E-state index < -0.39 is 0 Å². The molecule has 1 aromatic carbocycles. The lowest BCUT2D eigenvalue weighted by atomic mass is 10.1. The molecule has 0 saturated heterocycles. The Bertz CT molecular complexity index is 611. The second-order valence-corrected chi connectivity index (χ2v) is 4.41. The molecule has 4 N–H and O–H groups in total. The summed E-state index contributed by atoms with van der Waals surface area (Å²) in [4.78, 5) is 16.8. The minimum absolute atomic E-state index is 0.145. The Kier molecular flexibility index (Phi) is 2.83. The van der Waals surface area contributed by atoms with Crippen molar-refractivity contribution in [3.8, 4) is 0 Å². The number of hydrogen-bond donors (Lipinski definition) is 2. The third kappa shape index (κ3) is 2.37. The van der Waals surface area contributed by atoms with Crippen molar-refractivity contribution in [1.29, 1.82) is 0 Å². The fourth-order valence-electron chi connectivity index (χ4n) is 2.07. The number of aliphatic imine (C=N–C) groups is 4. The zero-order valence-corrected chi connectivity index (χ0v) is 10.3. The lowest BCUT2D eigenvalue weighted by molar-refractivity contribution is 1.01. The van der Waals surface area contributed by atoms with Crippen LogP contribution >= 0.6 is 0 Å². The molecular weight excluding hydrogens is 240 g/mol. The van der Waals surface area contributed by atoms with Crippen molar-refractivity contribution >= 4 is 23.5 Å². The number of hydrogen-bond acceptors (Lipinski definition) is 6. The van der Waals surface area contributed by atoms with Crippen molar-refractivity contribution in [3.05, 3.63) is 35.9 Å². The molecule has 0 spiro atoms. The molecule has 19 heavy (non-hydrogen) atoms. The summed E-state index contributed by atoms with van der Waals surface area (Å²) in [5, 5.41) is 0. The van der Waals surface area contributed by atoms with E-state index in [2.05, 4.69) is 32.1 Å². The summed E-state index contributed by atoms with van der Waals surface area (Å²) in [6.07, 6.45) is 1.64. The van der Waals surface area contributed by atoms with Crippen molar-refractivity contribution in [2.24, 2.45) is 31.4 Å². The molecule has 0 radical (unpaired) electrons. The first-order valence-corrected chi connectivity index (χ1v) is 6.10. The summed E-state index contributed by atoms with van der Waals surface area (Å²) in [5.41, 5.74) is 12.6. The minimum atomic E-state index is -0.349. The first-order chi connectivity index (χ1) is 9.22. The third-order valence-corrected chi connectivity index (χ3v) is 3.00. The average molecular weight is 254 g/mol. The van der Waals surface area contributed by atoms with Crippen molar-refractivity contribution < 1.29 is 0 Å². The number of rotatable bonds is 3. The fourth-order valence-corrected chi connectivity index (χ4v) is 2.07. The van der Waals surface area contributed by atoms with Crippen LogP contribution in [0.15, 0.2) is 50.3 Å². The van der Waals surface area contributed by atoms with Gasteiger partial charge in [0.25, 0.3) is 0 Å². The Hall–Kier alpha value is -2.50. The van der Waals surface area contributed by atoms with Crippen LogP contribution in [0.4, 0.5) is 0 Å². The van der Waals surface area contributed by atoms with Crippen molar-refractivity contribution in [1.82, 2.24) is 0 Å². The van der Waals surface area contributed by atoms with Crippen LogP contribution in [-0.2, 0) is 6.42 Å². The number of amidine groups is 3. The summed E-state index contributed by atoms with van der Waals surface area (Å²) < 4.78 is 0. The minimum Gasteiger partial charge on any atom is -0.385 e. The van der Waals surface area contributed by atoms with Gasteiger partial charge < -0.3 is 11.5 Å². The fraction of sp³-hybridized carbons (Fsp3) is 0.231. The van der Waals surface area contributed by atoms with Gasteiger partial charge >= 0.3 is 0 Å². The van der Waals surface area contributed by atoms with E-state index in [-0.39, 0.29) is 12.0 Å². The molecule has 2 aliphatic heterocycles. The number of nitrogens with zero attached hydrogens (tertiary/aromatic N) is 4. The van der Waals surface area contributed by atoms with Crippen molar-refractivity contribution in [2.75, 3.05) is 0 Å². The SMILES string of the molecule is NC1=NC2=NC(CCc3ccccc3)=NC2C(N)=N1. The maximum absolute atomic E-state index is 5.78. The molecule has 6 nitrogen and oxygen atoms in total. The first kappa shape index (κ1) is 11.6. The van der Waals surface area contributed by atoms with Gasteiger partial charge in [0, 0.05) is 6.42 Å². The van der Waals surface area contributed by atoms with Crippen LogP contribution in [0.2, 0.25) is 0 Å². The van der Waals surface area contributed by atoms with E-state index in [1.165, 1.54) is 5.56 Å². The maximum atomic E-state index is 5.78. The maximum Gasteiger partial charge on any atom is 0.223 e. The highest BCUT2D eigenvalue weighted by Gasteiger charge is 2.29. The highest BCUT2D eigenvalue weighted by atomic mass is 15.2. The molecule has 1 aromatic rings. The van der Waals surface area contributed by atoms with Crippen LogP contribution in [0.5, 0.6) is 0 Å². The molecule has 1 unspecified atom stereocenters. The molecule has 0 aliphatic carbocycles. The lowest BCUT2D eigenvalue weighted by Gasteiger charge is -2.10. The van der Waals surface area contributed by atoms with E-state index in [1.807, 2.05) is 18.2 Å². The summed E-state index contributed by atoms with van der Waals surface area (Å²) >= 11 is 0. The number of nitrogens with two attached hydrogens (primary N) is 2. The number of benzene rings is 1. The molecule has 0 bridgehead atoms. The second-order valence-electron chi connectivity index (χ2n) is 4.41. The van der Waals surface area contributed by atoms with Gasteiger partial charge in [-0.3, -0.25) is 4.99 Å². The van der Waals surface area contributed by atoms with Crippen LogP contribution in [0.25, 0.3) is 0 Å². The molecule has 0 aromatic heterocycles. The molecule has 3 rings (SSSR count). The number of aryl methyl sites for hydroxylation is 1. The Balaban J connectivity index is 1.72. The monoisotopic (exact) mass is 254 g/mol. The van der Waals surface area contributed by atoms with Gasteiger partial charge in [0.1, 0.15) is 11.7 Å². The molecule has 0 amide bonds. The standard InChI is InChI=1S/C13H14N6/c14-11-10-12(19-13(15)18-11)17-9(16-10)7-6-8-4-2-1-3-5-8/h1-5,10H,6-7H2,(H4,14,15,16,17,18,19). The quantitative estimate of drug-likeness (QED) is 0.819. The first-order valence-electron chi connectivity index (χ1n) is 6.10. The van der Waals surface area contributed by atoms with E-state index in [4.69, 9.17) is 11.5 Å². The molecule has 2 aliphatic rings. The van der Waals surface area contributed by atoms with E-state index in [0.717, 1.165) is 18.7 Å². The molecule has 0 saturated carbocycles. The van der Waals surface area contributed by atoms with Crippen LogP contribution in [0.1, 0.15) is 12.0 Å². The second kappa shape index (κ2) is 4.64. The summed E-state index contributed by atoms with van der Waals surface area (Å²) in [6, 6.07) is 9.86. The van der Waals surface area contributed by atoms with Gasteiger partial charge in [-0.05, 0) is 12.0 Å². The van der Waals surface area contributed by atoms with Gasteiger partial charge in [-0.25, -0.2) is 4.99 Å². The van der Waals surface area contributed by atoms with Crippen LogP contribution < -0.4 is 11.5 Å². The van der Waals surface area contributed by atoms with Crippen LogP contribution in [0, 0.1) is 0 Å². The zero-order valence-electron chi connectivity index (χ0n) is 10.3. The third-order valence-electron chi connectivity index (χ3n) is 3.00. The molecule has 6 heteroatoms. The summed E-state index contributed by atoms with van der Waals surface area (Å²) in [6.45, 7) is 0. The van der Waals surface area contributed by atoms with E-state index in [9.17, 15) is 0 Å². The van der Waals surface area contributed by atoms with Gasteiger partial charge in [-0.1, -0.05) is 30.3 Å². The van der Waals surface area contributed by atoms with Gasteiger partial charge in [0.15, 0.2) is 11.9 Å². The van der Waals surface area contributed by atoms with Crippen LogP contribution in [0.3, 0.4) is 0 Å². The van der Waals surface area contributed by atoms with Gasteiger partial charge in [0.2, 0.25) is 5.96 Å². The molecule has 0 fully saturated rings. The van der Waals surface area contributed by atoms with Gasteiger partial charge in [0.05, 0.1) is 0 Å². The average Bonchev–Trinajstić information content (AvgIpc) is 2.81. The number of guanidine groups is 1. The Labute approximate surface area is 110 Å². The highest BCUT2D eigenvalue weighted by Crippen LogP contribution is 2.14. The van der Waals surface area contributed by atoms with Crippen LogP contribution in [-0.4, -0.2) is 29.5 Å². The van der Waals surface area contributed by atoms with E-state index in [0.29, 0.717) is 11.7 Å². The zero-order chi connectivity index (χ0) is 13.2. The number of fused-ring (bicyclic) bond motifs is 1. The topological polar surface area (TPSA) is 101 Å². The van der Waals surface area contributed by atoms with Crippen molar-refractivity contribution in [2.45, 2.75) is 18.9 Å². The Morgan fingerprint density at radius 3 is 2.53 bits per heavy atom. The predicted octanol–water partition coefficient (Wildman–Crippen LogP) is 0.484. The van der Waals surface area contributed by atoms with Gasteiger partial charge in [-0.15, -0.1) is 0 Å². The molecule has 96 valence electrons. The normalized spacial score (nSPS) is 21.2. The van der Waals surface area contributed by atoms with E-state index in [1.54, 1.807) is 0 Å². The smallest absolute Gasteiger partial charge is 0.223 e. The largest absolute Gasteiger partial charge is 0.385 e. The Morgan fingerprint density at radius 2 is 1.74 bits per heavy atom. The Morgan fingerprint density at radius 1 is 0.947 bits per heavy atom. The predicted molar refractivity (Wildman–Crippen MR) is 76.7 cm³/mol. The van der Waals surface area contributed by atoms with E-state index >= 15 is 0 Å². The van der Waals surface area contributed by atoms with Crippen molar-refractivity contribution in [3.63, 3.8) is 0 Å². The highest BCUT2D eigenvalue weighted by molar-refractivity contribution is 6.23. The lowest BCUT2D eigenvalue weighted by Crippen LogP contribution is -2.38. The summed E-state index contributed by atoms with van der Waals surface area (Å²) in [7, 11) is 0. The molecular formula is C13H14N6. The summed E-state index contributed by atoms with van der Waals surface area (Å²) in [5.74, 6) is 1.81. The molecule has 1 atom stereocenters. The van der Waals surface area contributed by atoms with Gasteiger partial charge in [-0.2, -0.15) is 9.98 Å².